The number of sulfonamides is 1. The van der Waals surface area contributed by atoms with Gasteiger partial charge in [0.05, 0.1) is 29.0 Å². The maximum Gasteiger partial charge on any atom is 0.238 e. The van der Waals surface area contributed by atoms with Crippen LogP contribution in [0.15, 0.2) is 35.4 Å². The number of imidazole rings is 1. The number of benzene rings is 1. The predicted octanol–water partition coefficient (Wildman–Crippen LogP) is 2.35. The van der Waals surface area contributed by atoms with Gasteiger partial charge in [-0.15, -0.1) is 0 Å². The lowest BCUT2D eigenvalue weighted by molar-refractivity contribution is 0.406. The smallest absolute Gasteiger partial charge is 0.238 e. The van der Waals surface area contributed by atoms with Crippen molar-refractivity contribution in [2.45, 2.75) is 31.3 Å². The highest BCUT2D eigenvalue weighted by Gasteiger charge is 2.28. The first-order valence-corrected chi connectivity index (χ1v) is 9.71. The van der Waals surface area contributed by atoms with Crippen molar-refractivity contribution in [2.75, 3.05) is 6.61 Å². The summed E-state index contributed by atoms with van der Waals surface area (Å²) in [7, 11) is -3.98. The van der Waals surface area contributed by atoms with Crippen LogP contribution in [0.3, 0.4) is 0 Å². The Labute approximate surface area is 150 Å². The Kier molecular flexibility index (Phi) is 3.87. The lowest BCUT2D eigenvalue weighted by Gasteiger charge is -2.10. The molecule has 0 bridgehead atoms. The van der Waals surface area contributed by atoms with Gasteiger partial charge in [0.25, 0.3) is 0 Å². The van der Waals surface area contributed by atoms with Crippen molar-refractivity contribution in [3.8, 4) is 11.3 Å². The van der Waals surface area contributed by atoms with Crippen LogP contribution in [0.1, 0.15) is 16.8 Å². The van der Waals surface area contributed by atoms with Gasteiger partial charge in [0, 0.05) is 18.2 Å². The monoisotopic (exact) mass is 375 g/mol. The van der Waals surface area contributed by atoms with Crippen molar-refractivity contribution in [3.05, 3.63) is 53.1 Å². The minimum absolute atomic E-state index is 0.0991. The van der Waals surface area contributed by atoms with E-state index in [2.05, 4.69) is 4.98 Å². The van der Waals surface area contributed by atoms with Crippen molar-refractivity contribution in [1.29, 1.82) is 0 Å². The highest BCUT2D eigenvalue weighted by Crippen LogP contribution is 2.33. The number of halogens is 1. The van der Waals surface area contributed by atoms with Gasteiger partial charge in [-0.05, 0) is 49.2 Å². The minimum Gasteiger partial charge on any atom is -0.373 e. The topological polar surface area (TPSA) is 90.0 Å². The Hall–Kier alpha value is -2.29. The first kappa shape index (κ1) is 17.1. The van der Waals surface area contributed by atoms with Crippen LogP contribution in [0.2, 0.25) is 0 Å². The van der Waals surface area contributed by atoms with Crippen molar-refractivity contribution >= 4 is 15.7 Å². The number of fused-ring (bicyclic) bond motifs is 1. The van der Waals surface area contributed by atoms with E-state index in [0.29, 0.717) is 29.9 Å². The Morgan fingerprint density at radius 2 is 2.08 bits per heavy atom. The second-order valence-electron chi connectivity index (χ2n) is 6.64. The zero-order valence-corrected chi connectivity index (χ0v) is 15.2. The molecule has 3 heterocycles. The van der Waals surface area contributed by atoms with E-state index in [9.17, 15) is 12.8 Å². The van der Waals surface area contributed by atoms with E-state index in [0.717, 1.165) is 17.3 Å². The zero-order valence-electron chi connectivity index (χ0n) is 14.4. The zero-order chi connectivity index (χ0) is 18.6. The number of primary sulfonamides is 1. The summed E-state index contributed by atoms with van der Waals surface area (Å²) in [5, 5.41) is 5.13. The average Bonchev–Trinajstić information content (AvgIpc) is 3.28. The molecule has 2 aromatic heterocycles. The van der Waals surface area contributed by atoms with Gasteiger partial charge in [-0.1, -0.05) is 0 Å². The van der Waals surface area contributed by atoms with Crippen LogP contribution in [-0.4, -0.2) is 30.5 Å². The van der Waals surface area contributed by atoms with E-state index < -0.39 is 15.8 Å². The van der Waals surface area contributed by atoms with Crippen LogP contribution in [0.4, 0.5) is 4.39 Å². The summed E-state index contributed by atoms with van der Waals surface area (Å²) in [6.07, 6.45) is 2.61. The first-order chi connectivity index (χ1) is 12.2. The molecule has 1 aliphatic rings. The third kappa shape index (κ3) is 3.00. The molecule has 136 valence electrons. The number of ether oxygens (including phenoxy) is 1. The van der Waals surface area contributed by atoms with Crippen molar-refractivity contribution in [2.24, 2.45) is 5.14 Å². The normalized spacial score (nSPS) is 17.0. The van der Waals surface area contributed by atoms with Gasteiger partial charge in [-0.2, -0.15) is 0 Å². The van der Waals surface area contributed by atoms with Gasteiger partial charge >= 0.3 is 0 Å². The fraction of sp³-hybridized carbons (Fsp3) is 0.278. The van der Waals surface area contributed by atoms with E-state index in [-0.39, 0.29) is 16.6 Å². The molecule has 1 unspecified atom stereocenters. The van der Waals surface area contributed by atoms with Crippen molar-refractivity contribution in [1.82, 2.24) is 9.38 Å². The number of hydrogen-bond acceptors (Lipinski definition) is 4. The molecule has 0 aliphatic carbocycles. The van der Waals surface area contributed by atoms with Gasteiger partial charge in [0.15, 0.2) is 0 Å². The summed E-state index contributed by atoms with van der Waals surface area (Å²) >= 11 is 0. The van der Waals surface area contributed by atoms with Crippen LogP contribution < -0.4 is 5.14 Å². The number of rotatable bonds is 4. The number of epoxide rings is 1. The van der Waals surface area contributed by atoms with Gasteiger partial charge in [0.2, 0.25) is 10.0 Å². The summed E-state index contributed by atoms with van der Waals surface area (Å²) in [5.74, 6) is -0.660. The van der Waals surface area contributed by atoms with E-state index in [1.165, 1.54) is 6.07 Å². The second kappa shape index (κ2) is 5.87. The van der Waals surface area contributed by atoms with Gasteiger partial charge in [0.1, 0.15) is 11.5 Å². The lowest BCUT2D eigenvalue weighted by Crippen LogP contribution is -2.13. The molecule has 0 radical (unpaired) electrons. The fourth-order valence-electron chi connectivity index (χ4n) is 3.17. The minimum atomic E-state index is -3.98. The molecule has 6 nitrogen and oxygen atoms in total. The van der Waals surface area contributed by atoms with Crippen LogP contribution in [0, 0.1) is 19.7 Å². The van der Waals surface area contributed by atoms with Crippen molar-refractivity contribution in [3.63, 3.8) is 0 Å². The summed E-state index contributed by atoms with van der Waals surface area (Å²) in [4.78, 5) is 4.38. The average molecular weight is 375 g/mol. The maximum atomic E-state index is 14.9. The number of aryl methyl sites for hydroxylation is 2. The molecular formula is C18H18FN3O3S. The van der Waals surface area contributed by atoms with Crippen LogP contribution >= 0.6 is 0 Å². The number of nitrogens with zero attached hydrogens (tertiary/aromatic N) is 2. The fourth-order valence-corrected chi connectivity index (χ4v) is 3.78. The van der Waals surface area contributed by atoms with E-state index >= 15 is 0 Å². The molecule has 0 saturated carbocycles. The molecule has 3 aromatic rings. The number of aromatic nitrogens is 2. The third-order valence-electron chi connectivity index (χ3n) is 4.53. The summed E-state index contributed by atoms with van der Waals surface area (Å²) in [5.41, 5.74) is 3.85. The Bertz CT molecular complexity index is 1110. The number of hydrogen-bond donors (Lipinski definition) is 1. The molecule has 8 heteroatoms. The molecule has 1 atom stereocenters. The van der Waals surface area contributed by atoms with E-state index in [1.807, 2.05) is 29.7 Å². The molecule has 1 fully saturated rings. The van der Waals surface area contributed by atoms with Crippen molar-refractivity contribution < 1.29 is 17.5 Å². The highest BCUT2D eigenvalue weighted by molar-refractivity contribution is 7.89. The standard InChI is InChI=1S/C18H18FN3O3S/c1-10-3-4-22-15(7-12-9-25-12)18(21-16(22)5-10)17-11(2)6-13(8-14(17)19)26(20,23)24/h3-6,8,12H,7,9H2,1-2H3,(H2,20,23,24). The predicted molar refractivity (Wildman–Crippen MR) is 94.9 cm³/mol. The largest absolute Gasteiger partial charge is 0.373 e. The molecule has 0 spiro atoms. The summed E-state index contributed by atoms with van der Waals surface area (Å²) in [6, 6.07) is 6.21. The first-order valence-electron chi connectivity index (χ1n) is 8.16. The van der Waals surface area contributed by atoms with Gasteiger partial charge in [-0.25, -0.2) is 22.9 Å². The molecule has 1 aliphatic heterocycles. The van der Waals surface area contributed by atoms with Gasteiger partial charge in [-0.3, -0.25) is 0 Å². The third-order valence-corrected chi connectivity index (χ3v) is 5.42. The number of nitrogens with two attached hydrogens (primary N) is 1. The molecule has 0 amide bonds. The second-order valence-corrected chi connectivity index (χ2v) is 8.20. The van der Waals surface area contributed by atoms with Gasteiger partial charge < -0.3 is 9.14 Å². The van der Waals surface area contributed by atoms with Crippen LogP contribution in [0.25, 0.3) is 16.9 Å². The SMILES string of the molecule is Cc1ccn2c(CC3CO3)c(-c3c(C)cc(S(N)(=O)=O)cc3F)nc2c1. The van der Waals surface area contributed by atoms with E-state index in [1.54, 1.807) is 6.92 Å². The maximum absolute atomic E-state index is 14.9. The molecule has 4 rings (SSSR count). The van der Waals surface area contributed by atoms with Crippen LogP contribution in [-0.2, 0) is 21.2 Å². The molecule has 1 saturated heterocycles. The van der Waals surface area contributed by atoms with Crippen LogP contribution in [0.5, 0.6) is 0 Å². The number of pyridine rings is 1. The Morgan fingerprint density at radius 1 is 1.35 bits per heavy atom. The van der Waals surface area contributed by atoms with E-state index in [4.69, 9.17) is 9.88 Å². The Balaban J connectivity index is 1.96. The summed E-state index contributed by atoms with van der Waals surface area (Å²) in [6.45, 7) is 4.29. The highest BCUT2D eigenvalue weighted by atomic mass is 32.2. The summed E-state index contributed by atoms with van der Waals surface area (Å²) < 4.78 is 45.3. The quantitative estimate of drug-likeness (QED) is 0.709. The lowest BCUT2D eigenvalue weighted by atomic mass is 10.0. The molecule has 26 heavy (non-hydrogen) atoms. The molecular weight excluding hydrogens is 357 g/mol. The Morgan fingerprint density at radius 3 is 2.69 bits per heavy atom. The molecule has 2 N–H and O–H groups in total. The molecule has 1 aromatic carbocycles.